The molecule has 0 aliphatic carbocycles. The smallest absolute Gasteiger partial charge is 0.281 e. The number of nitrogens with zero attached hydrogens (tertiary/aromatic N) is 4. The number of aromatic nitrogens is 2. The van der Waals surface area contributed by atoms with Gasteiger partial charge < -0.3 is 4.74 Å². The molecule has 0 amide bonds. The Kier molecular flexibility index (Phi) is 5.09. The molecular formula is C16H19FN4O3S. The van der Waals surface area contributed by atoms with Gasteiger partial charge in [-0.15, -0.1) is 0 Å². The van der Waals surface area contributed by atoms with Gasteiger partial charge in [-0.2, -0.15) is 17.0 Å². The van der Waals surface area contributed by atoms with E-state index in [1.54, 1.807) is 18.3 Å². The van der Waals surface area contributed by atoms with Gasteiger partial charge in [0.15, 0.2) is 0 Å². The largest absolute Gasteiger partial charge is 0.369 e. The van der Waals surface area contributed by atoms with Crippen LogP contribution in [0.15, 0.2) is 36.7 Å². The first-order chi connectivity index (χ1) is 11.9. The number of hydrogen-bond acceptors (Lipinski definition) is 5. The second kappa shape index (κ2) is 7.12. The number of hydrogen-bond donors (Lipinski definition) is 0. The molecule has 1 fully saturated rings. The minimum Gasteiger partial charge on any atom is -0.369 e. The molecule has 3 rings (SSSR count). The fourth-order valence-electron chi connectivity index (χ4n) is 2.57. The number of benzene rings is 1. The van der Waals surface area contributed by atoms with E-state index in [0.29, 0.717) is 17.0 Å². The van der Waals surface area contributed by atoms with Gasteiger partial charge in [0.25, 0.3) is 10.2 Å². The van der Waals surface area contributed by atoms with E-state index in [1.165, 1.54) is 41.0 Å². The monoisotopic (exact) mass is 366 g/mol. The molecule has 134 valence electrons. The average Bonchev–Trinajstić information content (AvgIpc) is 2.62. The standard InChI is InChI=1S/C16H19FN4O3S/c1-20(2)25(22,23)21-6-7-24-16(11-21)15-10-18-9-14(19-15)12-4-3-5-13(17)8-12/h3-5,8-10,16H,6-7,11H2,1-2H3/t16-/m1/s1. The lowest BCUT2D eigenvalue weighted by atomic mass is 10.1. The lowest BCUT2D eigenvalue weighted by molar-refractivity contribution is -0.00637. The van der Waals surface area contributed by atoms with E-state index in [2.05, 4.69) is 9.97 Å². The number of ether oxygens (including phenoxy) is 1. The van der Waals surface area contributed by atoms with E-state index in [-0.39, 0.29) is 25.5 Å². The van der Waals surface area contributed by atoms with E-state index in [4.69, 9.17) is 4.74 Å². The van der Waals surface area contributed by atoms with Crippen molar-refractivity contribution >= 4 is 10.2 Å². The van der Waals surface area contributed by atoms with Gasteiger partial charge in [0.2, 0.25) is 0 Å². The molecule has 0 spiro atoms. The third kappa shape index (κ3) is 3.84. The quantitative estimate of drug-likeness (QED) is 0.819. The van der Waals surface area contributed by atoms with E-state index in [0.717, 1.165) is 0 Å². The van der Waals surface area contributed by atoms with Crippen LogP contribution in [0, 0.1) is 5.82 Å². The summed E-state index contributed by atoms with van der Waals surface area (Å²) in [6.07, 6.45) is 2.55. The Bertz CT molecular complexity index is 860. The first kappa shape index (κ1) is 17.9. The Labute approximate surface area is 146 Å². The van der Waals surface area contributed by atoms with E-state index in [9.17, 15) is 12.8 Å². The third-order valence-electron chi connectivity index (χ3n) is 3.92. The van der Waals surface area contributed by atoms with Crippen LogP contribution in [-0.4, -0.2) is 60.8 Å². The molecule has 1 aliphatic rings. The summed E-state index contributed by atoms with van der Waals surface area (Å²) in [5, 5.41) is 0. The van der Waals surface area contributed by atoms with Crippen molar-refractivity contribution < 1.29 is 17.5 Å². The van der Waals surface area contributed by atoms with Gasteiger partial charge >= 0.3 is 0 Å². The number of halogens is 1. The Balaban J connectivity index is 1.86. The minimum atomic E-state index is -3.52. The normalized spacial score (nSPS) is 19.3. The molecule has 2 heterocycles. The lowest BCUT2D eigenvalue weighted by Crippen LogP contribution is -2.47. The van der Waals surface area contributed by atoms with Gasteiger partial charge in [-0.3, -0.25) is 4.98 Å². The van der Waals surface area contributed by atoms with E-state index >= 15 is 0 Å². The Morgan fingerprint density at radius 3 is 2.84 bits per heavy atom. The molecule has 0 saturated carbocycles. The summed E-state index contributed by atoms with van der Waals surface area (Å²) in [5.74, 6) is -0.359. The molecule has 2 aromatic rings. The highest BCUT2D eigenvalue weighted by Crippen LogP contribution is 2.25. The molecule has 0 N–H and O–H groups in total. The molecule has 1 aliphatic heterocycles. The zero-order valence-electron chi connectivity index (χ0n) is 14.0. The van der Waals surface area contributed by atoms with Crippen molar-refractivity contribution in [3.8, 4) is 11.3 Å². The van der Waals surface area contributed by atoms with Gasteiger partial charge in [-0.05, 0) is 12.1 Å². The number of morpholine rings is 1. The lowest BCUT2D eigenvalue weighted by Gasteiger charge is -2.33. The van der Waals surface area contributed by atoms with Crippen molar-refractivity contribution in [2.45, 2.75) is 6.10 Å². The second-order valence-corrected chi connectivity index (χ2v) is 7.99. The van der Waals surface area contributed by atoms with Crippen LogP contribution >= 0.6 is 0 Å². The van der Waals surface area contributed by atoms with Crippen molar-refractivity contribution in [2.24, 2.45) is 0 Å². The van der Waals surface area contributed by atoms with E-state index < -0.39 is 16.3 Å². The Morgan fingerprint density at radius 2 is 2.12 bits per heavy atom. The van der Waals surface area contributed by atoms with Gasteiger partial charge in [-0.25, -0.2) is 9.37 Å². The summed E-state index contributed by atoms with van der Waals surface area (Å²) in [4.78, 5) is 8.62. The minimum absolute atomic E-state index is 0.155. The van der Waals surface area contributed by atoms with Crippen LogP contribution in [0.3, 0.4) is 0 Å². The van der Waals surface area contributed by atoms with Crippen molar-refractivity contribution in [1.82, 2.24) is 18.6 Å². The van der Waals surface area contributed by atoms with Crippen LogP contribution < -0.4 is 0 Å². The molecule has 9 heteroatoms. The van der Waals surface area contributed by atoms with Gasteiger partial charge in [0, 0.05) is 32.7 Å². The molecular weight excluding hydrogens is 347 g/mol. The number of rotatable bonds is 4. The fourth-order valence-corrected chi connectivity index (χ4v) is 3.66. The van der Waals surface area contributed by atoms with Crippen molar-refractivity contribution in [1.29, 1.82) is 0 Å². The average molecular weight is 366 g/mol. The molecule has 1 aromatic heterocycles. The summed E-state index contributed by atoms with van der Waals surface area (Å²) in [6, 6.07) is 6.07. The fraction of sp³-hybridized carbons (Fsp3) is 0.375. The van der Waals surface area contributed by atoms with Crippen molar-refractivity contribution in [2.75, 3.05) is 33.8 Å². The predicted octanol–water partition coefficient (Wildman–Crippen LogP) is 1.46. The van der Waals surface area contributed by atoms with Crippen LogP contribution in [0.25, 0.3) is 11.3 Å². The highest BCUT2D eigenvalue weighted by Gasteiger charge is 2.32. The topological polar surface area (TPSA) is 75.6 Å². The molecule has 1 saturated heterocycles. The van der Waals surface area contributed by atoms with Crippen molar-refractivity contribution in [3.63, 3.8) is 0 Å². The Hall–Kier alpha value is -1.94. The van der Waals surface area contributed by atoms with Crippen LogP contribution in [0.4, 0.5) is 4.39 Å². The molecule has 7 nitrogen and oxygen atoms in total. The molecule has 0 unspecified atom stereocenters. The maximum atomic E-state index is 13.4. The summed E-state index contributed by atoms with van der Waals surface area (Å²) in [5.41, 5.74) is 1.62. The van der Waals surface area contributed by atoms with Crippen LogP contribution in [0.2, 0.25) is 0 Å². The summed E-state index contributed by atoms with van der Waals surface area (Å²) >= 11 is 0. The predicted molar refractivity (Wildman–Crippen MR) is 90.3 cm³/mol. The second-order valence-electron chi connectivity index (χ2n) is 5.85. The molecule has 1 atom stereocenters. The first-order valence-electron chi connectivity index (χ1n) is 7.75. The first-order valence-corrected chi connectivity index (χ1v) is 9.14. The van der Waals surface area contributed by atoms with Crippen LogP contribution in [-0.2, 0) is 14.9 Å². The maximum absolute atomic E-state index is 13.4. The van der Waals surface area contributed by atoms with E-state index in [1.807, 2.05) is 0 Å². The Morgan fingerprint density at radius 1 is 1.32 bits per heavy atom. The summed E-state index contributed by atoms with van der Waals surface area (Å²) in [6.45, 7) is 0.708. The third-order valence-corrected chi connectivity index (χ3v) is 5.83. The summed E-state index contributed by atoms with van der Waals surface area (Å²) < 4.78 is 46.2. The highest BCUT2D eigenvalue weighted by atomic mass is 32.2. The van der Waals surface area contributed by atoms with Crippen LogP contribution in [0.1, 0.15) is 11.8 Å². The van der Waals surface area contributed by atoms with Crippen LogP contribution in [0.5, 0.6) is 0 Å². The van der Waals surface area contributed by atoms with Gasteiger partial charge in [0.1, 0.15) is 11.9 Å². The maximum Gasteiger partial charge on any atom is 0.281 e. The molecule has 0 radical (unpaired) electrons. The van der Waals surface area contributed by atoms with Gasteiger partial charge in [0.05, 0.1) is 30.4 Å². The molecule has 0 bridgehead atoms. The summed E-state index contributed by atoms with van der Waals surface area (Å²) in [7, 11) is -0.539. The zero-order valence-corrected chi connectivity index (χ0v) is 14.8. The SMILES string of the molecule is CN(C)S(=O)(=O)N1CCO[C@@H](c2cncc(-c3cccc(F)c3)n2)C1. The molecule has 1 aromatic carbocycles. The highest BCUT2D eigenvalue weighted by molar-refractivity contribution is 7.86. The molecule has 25 heavy (non-hydrogen) atoms. The zero-order chi connectivity index (χ0) is 18.0. The van der Waals surface area contributed by atoms with Crippen molar-refractivity contribution in [3.05, 3.63) is 48.2 Å². The van der Waals surface area contributed by atoms with Gasteiger partial charge in [-0.1, -0.05) is 12.1 Å².